The van der Waals surface area contributed by atoms with E-state index < -0.39 is 0 Å². The lowest BCUT2D eigenvalue weighted by Crippen LogP contribution is -2.44. The van der Waals surface area contributed by atoms with Crippen LogP contribution in [-0.4, -0.2) is 43.0 Å². The molecule has 0 saturated heterocycles. The van der Waals surface area contributed by atoms with Gasteiger partial charge in [-0.15, -0.1) is 0 Å². The molecular formula is C10H21N3O. The highest BCUT2D eigenvalue weighted by molar-refractivity contribution is 5.76. The quantitative estimate of drug-likeness (QED) is 0.630. The van der Waals surface area contributed by atoms with Crippen molar-refractivity contribution in [2.45, 2.75) is 38.3 Å². The molecule has 0 aromatic heterocycles. The first kappa shape index (κ1) is 11.5. The lowest BCUT2D eigenvalue weighted by molar-refractivity contribution is -0.121. The summed E-state index contributed by atoms with van der Waals surface area (Å²) in [5.74, 6) is 0.0829. The molecule has 14 heavy (non-hydrogen) atoms. The maximum absolute atomic E-state index is 11.3. The van der Waals surface area contributed by atoms with Crippen LogP contribution in [0.4, 0.5) is 0 Å². The Morgan fingerprint density at radius 1 is 1.64 bits per heavy atom. The second kappa shape index (κ2) is 5.32. The van der Waals surface area contributed by atoms with E-state index in [1.807, 2.05) is 0 Å². The molecule has 4 nitrogen and oxygen atoms in total. The van der Waals surface area contributed by atoms with Crippen molar-refractivity contribution in [1.82, 2.24) is 10.2 Å². The van der Waals surface area contributed by atoms with Crippen LogP contribution in [-0.2, 0) is 4.79 Å². The zero-order chi connectivity index (χ0) is 10.6. The van der Waals surface area contributed by atoms with Crippen LogP contribution < -0.4 is 11.1 Å². The number of nitrogens with one attached hydrogen (secondary N) is 1. The van der Waals surface area contributed by atoms with Gasteiger partial charge in [0.25, 0.3) is 0 Å². The third-order valence-corrected chi connectivity index (χ3v) is 2.82. The molecule has 0 aliphatic heterocycles. The van der Waals surface area contributed by atoms with Gasteiger partial charge in [0, 0.05) is 32.1 Å². The third-order valence-electron chi connectivity index (χ3n) is 2.82. The molecular weight excluding hydrogens is 178 g/mol. The first-order chi connectivity index (χ1) is 6.72. The van der Waals surface area contributed by atoms with Gasteiger partial charge in [0.2, 0.25) is 5.91 Å². The van der Waals surface area contributed by atoms with Crippen molar-refractivity contribution in [3.8, 4) is 0 Å². The topological polar surface area (TPSA) is 58.4 Å². The minimum absolute atomic E-state index is 0.0829. The van der Waals surface area contributed by atoms with Crippen molar-refractivity contribution in [3.05, 3.63) is 0 Å². The fourth-order valence-corrected chi connectivity index (χ4v) is 1.87. The maximum atomic E-state index is 11.3. The maximum Gasteiger partial charge on any atom is 0.221 e. The summed E-state index contributed by atoms with van der Waals surface area (Å²) < 4.78 is 0. The Morgan fingerprint density at radius 2 is 2.29 bits per heavy atom. The number of hydrogen-bond donors (Lipinski definition) is 2. The van der Waals surface area contributed by atoms with Crippen molar-refractivity contribution in [1.29, 1.82) is 0 Å². The lowest BCUT2D eigenvalue weighted by Gasteiger charge is -2.29. The van der Waals surface area contributed by atoms with Crippen LogP contribution in [0.5, 0.6) is 0 Å². The first-order valence-corrected chi connectivity index (χ1v) is 5.39. The molecule has 0 aromatic carbocycles. The third kappa shape index (κ3) is 2.96. The number of amides is 1. The smallest absolute Gasteiger partial charge is 0.221 e. The summed E-state index contributed by atoms with van der Waals surface area (Å²) in [6, 6.07) is 0.894. The Morgan fingerprint density at radius 3 is 2.64 bits per heavy atom. The van der Waals surface area contributed by atoms with Crippen LogP contribution in [0, 0.1) is 0 Å². The number of nitrogens with two attached hydrogens (primary N) is 1. The average Bonchev–Trinajstić information content (AvgIpc) is 3.01. The molecule has 0 bridgehead atoms. The molecule has 1 atom stereocenters. The fourth-order valence-electron chi connectivity index (χ4n) is 1.87. The fraction of sp³-hybridized carbons (Fsp3) is 0.900. The molecule has 3 N–H and O–H groups in total. The van der Waals surface area contributed by atoms with Crippen molar-refractivity contribution >= 4 is 5.91 Å². The van der Waals surface area contributed by atoms with Crippen molar-refractivity contribution < 1.29 is 4.79 Å². The largest absolute Gasteiger partial charge is 0.359 e. The Hall–Kier alpha value is -0.610. The Bertz CT molecular complexity index is 192. The van der Waals surface area contributed by atoms with Gasteiger partial charge in [-0.25, -0.2) is 0 Å². The number of likely N-dealkylation sites (N-methyl/N-ethyl adjacent to an activating group) is 1. The summed E-state index contributed by atoms with van der Waals surface area (Å²) in [5, 5.41) is 2.65. The molecule has 1 fully saturated rings. The molecule has 1 aliphatic rings. The van der Waals surface area contributed by atoms with Crippen LogP contribution in [0.3, 0.4) is 0 Å². The van der Waals surface area contributed by atoms with E-state index in [-0.39, 0.29) is 11.9 Å². The van der Waals surface area contributed by atoms with Crippen LogP contribution in [0.1, 0.15) is 26.2 Å². The lowest BCUT2D eigenvalue weighted by atomic mass is 10.1. The SMILES string of the molecule is CCN(C1CC1)C(CN)CC(=O)NC. The number of nitrogens with zero attached hydrogens (tertiary/aromatic N) is 1. The molecule has 82 valence electrons. The number of hydrogen-bond acceptors (Lipinski definition) is 3. The van der Waals surface area contributed by atoms with E-state index in [4.69, 9.17) is 5.73 Å². The van der Waals surface area contributed by atoms with Gasteiger partial charge in [-0.1, -0.05) is 6.92 Å². The monoisotopic (exact) mass is 199 g/mol. The zero-order valence-corrected chi connectivity index (χ0v) is 9.12. The Kier molecular flexibility index (Phi) is 4.35. The van der Waals surface area contributed by atoms with E-state index in [0.717, 1.165) is 6.54 Å². The minimum atomic E-state index is 0.0829. The minimum Gasteiger partial charge on any atom is -0.359 e. The average molecular weight is 199 g/mol. The normalized spacial score (nSPS) is 18.3. The van der Waals surface area contributed by atoms with E-state index >= 15 is 0 Å². The summed E-state index contributed by atoms with van der Waals surface area (Å²) in [6.45, 7) is 3.69. The summed E-state index contributed by atoms with van der Waals surface area (Å²) in [7, 11) is 1.67. The van der Waals surface area contributed by atoms with Crippen molar-refractivity contribution in [3.63, 3.8) is 0 Å². The second-order valence-corrected chi connectivity index (χ2v) is 3.83. The summed E-state index contributed by atoms with van der Waals surface area (Å²) in [5.41, 5.74) is 5.70. The van der Waals surface area contributed by atoms with Crippen LogP contribution in [0.25, 0.3) is 0 Å². The van der Waals surface area contributed by atoms with Gasteiger partial charge in [-0.2, -0.15) is 0 Å². The Labute approximate surface area is 85.8 Å². The molecule has 0 aromatic rings. The molecule has 1 rings (SSSR count). The van der Waals surface area contributed by atoms with E-state index in [2.05, 4.69) is 17.1 Å². The van der Waals surface area contributed by atoms with Crippen LogP contribution in [0.15, 0.2) is 0 Å². The number of carbonyl (C=O) groups is 1. The molecule has 0 spiro atoms. The molecule has 4 heteroatoms. The van der Waals surface area contributed by atoms with Gasteiger partial charge in [0.15, 0.2) is 0 Å². The van der Waals surface area contributed by atoms with Gasteiger partial charge in [0.1, 0.15) is 0 Å². The molecule has 1 unspecified atom stereocenters. The van der Waals surface area contributed by atoms with Gasteiger partial charge in [-0.3, -0.25) is 9.69 Å². The second-order valence-electron chi connectivity index (χ2n) is 3.83. The first-order valence-electron chi connectivity index (χ1n) is 5.39. The zero-order valence-electron chi connectivity index (χ0n) is 9.12. The predicted octanol–water partition coefficient (Wildman–Crippen LogP) is -0.0659. The van der Waals surface area contributed by atoms with E-state index in [1.54, 1.807) is 7.05 Å². The highest BCUT2D eigenvalue weighted by atomic mass is 16.1. The van der Waals surface area contributed by atoms with Gasteiger partial charge < -0.3 is 11.1 Å². The summed E-state index contributed by atoms with van der Waals surface area (Å²) in [4.78, 5) is 13.6. The van der Waals surface area contributed by atoms with Crippen molar-refractivity contribution in [2.75, 3.05) is 20.1 Å². The predicted molar refractivity (Wildman–Crippen MR) is 56.9 cm³/mol. The van der Waals surface area contributed by atoms with Crippen molar-refractivity contribution in [2.24, 2.45) is 5.73 Å². The number of rotatable bonds is 6. The summed E-state index contributed by atoms with van der Waals surface area (Å²) in [6.07, 6.45) is 3.05. The van der Waals surface area contributed by atoms with Gasteiger partial charge >= 0.3 is 0 Å². The highest BCUT2D eigenvalue weighted by Crippen LogP contribution is 2.28. The standard InChI is InChI=1S/C10H21N3O/c1-3-13(8-4-5-8)9(7-11)6-10(14)12-2/h8-9H,3-7,11H2,1-2H3,(H,12,14). The molecule has 0 radical (unpaired) electrons. The molecule has 1 aliphatic carbocycles. The Balaban J connectivity index is 2.45. The summed E-state index contributed by atoms with van der Waals surface area (Å²) >= 11 is 0. The van der Waals surface area contributed by atoms with Crippen LogP contribution in [0.2, 0.25) is 0 Å². The highest BCUT2D eigenvalue weighted by Gasteiger charge is 2.32. The van der Waals surface area contributed by atoms with Gasteiger partial charge in [-0.05, 0) is 19.4 Å². The van der Waals surface area contributed by atoms with E-state index in [0.29, 0.717) is 19.0 Å². The van der Waals surface area contributed by atoms with E-state index in [9.17, 15) is 4.79 Å². The van der Waals surface area contributed by atoms with Gasteiger partial charge in [0.05, 0.1) is 0 Å². The molecule has 1 amide bonds. The molecule has 1 saturated carbocycles. The number of carbonyl (C=O) groups excluding carboxylic acids is 1. The van der Waals surface area contributed by atoms with Crippen LogP contribution >= 0.6 is 0 Å². The van der Waals surface area contributed by atoms with E-state index in [1.165, 1.54) is 12.8 Å². The molecule has 0 heterocycles.